The van der Waals surface area contributed by atoms with E-state index < -0.39 is 5.82 Å². The molecule has 0 radical (unpaired) electrons. The highest BCUT2D eigenvalue weighted by Crippen LogP contribution is 2.28. The molecule has 0 atom stereocenters. The zero-order chi connectivity index (χ0) is 20.7. The summed E-state index contributed by atoms with van der Waals surface area (Å²) in [5, 5.41) is 9.46. The molecule has 2 aliphatic rings. The number of carbonyl (C=O) groups excluding carboxylic acids is 1. The average Bonchev–Trinajstić information content (AvgIpc) is 3.20. The lowest BCUT2D eigenvalue weighted by atomic mass is 10.1. The molecular formula is C22H26FN5O2. The van der Waals surface area contributed by atoms with E-state index in [1.165, 1.54) is 25.3 Å². The maximum atomic E-state index is 14.0. The second kappa shape index (κ2) is 7.83. The van der Waals surface area contributed by atoms with Crippen molar-refractivity contribution in [3.63, 3.8) is 0 Å². The van der Waals surface area contributed by atoms with E-state index in [0.717, 1.165) is 44.2 Å². The minimum absolute atomic E-state index is 0.157. The van der Waals surface area contributed by atoms with Crippen LogP contribution in [0.25, 0.3) is 11.0 Å². The maximum absolute atomic E-state index is 14.0. The second-order valence-corrected chi connectivity index (χ2v) is 8.24. The molecule has 4 heterocycles. The Balaban J connectivity index is 1.25. The molecule has 2 aliphatic heterocycles. The molecule has 30 heavy (non-hydrogen) atoms. The monoisotopic (exact) mass is 411 g/mol. The second-order valence-electron chi connectivity index (χ2n) is 8.24. The number of nitrogens with zero attached hydrogens (tertiary/aromatic N) is 5. The summed E-state index contributed by atoms with van der Waals surface area (Å²) in [6.07, 6.45) is 4.61. The normalized spacial score (nSPS) is 17.9. The summed E-state index contributed by atoms with van der Waals surface area (Å²) in [5.41, 5.74) is 0.854. The van der Waals surface area contributed by atoms with Gasteiger partial charge in [-0.1, -0.05) is 18.6 Å². The minimum Gasteiger partial charge on any atom is -0.448 e. The molecule has 0 saturated carbocycles. The maximum Gasteiger partial charge on any atom is 0.289 e. The Labute approximate surface area is 174 Å². The van der Waals surface area contributed by atoms with Crippen molar-refractivity contribution < 1.29 is 13.6 Å². The zero-order valence-electron chi connectivity index (χ0n) is 17.2. The molecule has 7 nitrogen and oxygen atoms in total. The number of para-hydroxylation sites is 1. The van der Waals surface area contributed by atoms with Gasteiger partial charge in [-0.25, -0.2) is 4.39 Å². The van der Waals surface area contributed by atoms with Gasteiger partial charge in [0.25, 0.3) is 5.91 Å². The van der Waals surface area contributed by atoms with E-state index in [1.54, 1.807) is 17.0 Å². The third kappa shape index (κ3) is 3.39. The Kier molecular flexibility index (Phi) is 5.02. The van der Waals surface area contributed by atoms with E-state index >= 15 is 0 Å². The van der Waals surface area contributed by atoms with E-state index in [2.05, 4.69) is 19.7 Å². The fourth-order valence-corrected chi connectivity index (χ4v) is 4.53. The first kappa shape index (κ1) is 19.2. The Morgan fingerprint density at radius 3 is 2.73 bits per heavy atom. The van der Waals surface area contributed by atoms with Crippen molar-refractivity contribution in [3.8, 4) is 0 Å². The summed E-state index contributed by atoms with van der Waals surface area (Å²) in [7, 11) is 0. The van der Waals surface area contributed by atoms with Gasteiger partial charge in [-0.05, 0) is 25.8 Å². The van der Waals surface area contributed by atoms with Crippen molar-refractivity contribution in [1.29, 1.82) is 0 Å². The van der Waals surface area contributed by atoms with E-state index in [-0.39, 0.29) is 17.3 Å². The zero-order valence-corrected chi connectivity index (χ0v) is 17.2. The van der Waals surface area contributed by atoms with Crippen LogP contribution in [0.2, 0.25) is 0 Å². The number of aromatic nitrogens is 3. The van der Waals surface area contributed by atoms with Crippen LogP contribution < -0.4 is 0 Å². The van der Waals surface area contributed by atoms with Gasteiger partial charge in [0.05, 0.1) is 6.54 Å². The van der Waals surface area contributed by atoms with Crippen LogP contribution in [0.4, 0.5) is 4.39 Å². The lowest BCUT2D eigenvalue weighted by Gasteiger charge is -2.34. The Hall–Kier alpha value is -2.74. The number of benzene rings is 1. The van der Waals surface area contributed by atoms with Gasteiger partial charge in [-0.2, -0.15) is 0 Å². The number of amides is 1. The molecule has 0 spiro atoms. The van der Waals surface area contributed by atoms with Gasteiger partial charge >= 0.3 is 0 Å². The number of rotatable bonds is 3. The molecule has 1 saturated heterocycles. The van der Waals surface area contributed by atoms with Crippen molar-refractivity contribution in [2.24, 2.45) is 0 Å². The van der Waals surface area contributed by atoms with Gasteiger partial charge in [0, 0.05) is 50.1 Å². The molecule has 0 unspecified atom stereocenters. The predicted octanol–water partition coefficient (Wildman–Crippen LogP) is 3.16. The van der Waals surface area contributed by atoms with Crippen molar-refractivity contribution in [1.82, 2.24) is 24.6 Å². The number of carbonyl (C=O) groups is 1. The topological polar surface area (TPSA) is 67.4 Å². The number of aryl methyl sites for hydroxylation is 2. The number of halogens is 1. The highest BCUT2D eigenvalue weighted by atomic mass is 19.1. The van der Waals surface area contributed by atoms with Gasteiger partial charge in [-0.3, -0.25) is 9.69 Å². The van der Waals surface area contributed by atoms with Crippen molar-refractivity contribution >= 4 is 16.9 Å². The van der Waals surface area contributed by atoms with Gasteiger partial charge in [0.15, 0.2) is 17.2 Å². The summed E-state index contributed by atoms with van der Waals surface area (Å²) >= 11 is 0. The molecule has 1 aromatic carbocycles. The molecule has 8 heteroatoms. The smallest absolute Gasteiger partial charge is 0.289 e. The van der Waals surface area contributed by atoms with Crippen LogP contribution in [0.1, 0.15) is 47.0 Å². The lowest BCUT2D eigenvalue weighted by molar-refractivity contribution is 0.0594. The molecule has 158 valence electrons. The molecule has 1 amide bonds. The van der Waals surface area contributed by atoms with Crippen LogP contribution in [0.3, 0.4) is 0 Å². The van der Waals surface area contributed by atoms with E-state index in [4.69, 9.17) is 4.42 Å². The highest BCUT2D eigenvalue weighted by molar-refractivity contribution is 5.99. The fraction of sp³-hybridized carbons (Fsp3) is 0.500. The predicted molar refractivity (Wildman–Crippen MR) is 110 cm³/mol. The molecule has 0 aliphatic carbocycles. The highest BCUT2D eigenvalue weighted by Gasteiger charge is 2.28. The van der Waals surface area contributed by atoms with Crippen LogP contribution in [0.5, 0.6) is 0 Å². The van der Waals surface area contributed by atoms with E-state index in [1.807, 2.05) is 6.92 Å². The first-order chi connectivity index (χ1) is 14.6. The summed E-state index contributed by atoms with van der Waals surface area (Å²) in [5.74, 6) is 1.76. The third-order valence-corrected chi connectivity index (χ3v) is 6.32. The van der Waals surface area contributed by atoms with Gasteiger partial charge in [0.1, 0.15) is 11.6 Å². The van der Waals surface area contributed by atoms with E-state index in [0.29, 0.717) is 24.0 Å². The fourth-order valence-electron chi connectivity index (χ4n) is 4.53. The first-order valence-corrected chi connectivity index (χ1v) is 10.7. The minimum atomic E-state index is -0.438. The van der Waals surface area contributed by atoms with Gasteiger partial charge < -0.3 is 13.9 Å². The van der Waals surface area contributed by atoms with Crippen LogP contribution in [-0.2, 0) is 19.5 Å². The molecule has 1 fully saturated rings. The Bertz CT molecular complexity index is 1080. The summed E-state index contributed by atoms with van der Waals surface area (Å²) < 4.78 is 21.9. The number of fused-ring (bicyclic) bond motifs is 2. The first-order valence-electron chi connectivity index (χ1n) is 10.7. The van der Waals surface area contributed by atoms with Crippen molar-refractivity contribution in [2.45, 2.75) is 45.7 Å². The summed E-state index contributed by atoms with van der Waals surface area (Å²) in [6.45, 7) is 6.31. The Morgan fingerprint density at radius 1 is 1.10 bits per heavy atom. The van der Waals surface area contributed by atoms with Crippen molar-refractivity contribution in [3.05, 3.63) is 47.0 Å². The third-order valence-electron chi connectivity index (χ3n) is 6.32. The molecule has 0 bridgehead atoms. The molecular weight excluding hydrogens is 385 g/mol. The van der Waals surface area contributed by atoms with Gasteiger partial charge in [0.2, 0.25) is 0 Å². The van der Waals surface area contributed by atoms with Crippen LogP contribution in [0, 0.1) is 12.7 Å². The van der Waals surface area contributed by atoms with E-state index in [9.17, 15) is 9.18 Å². The summed E-state index contributed by atoms with van der Waals surface area (Å²) in [6, 6.07) is 4.77. The largest absolute Gasteiger partial charge is 0.448 e. The summed E-state index contributed by atoms with van der Waals surface area (Å²) in [4.78, 5) is 17.1. The number of furan rings is 1. The van der Waals surface area contributed by atoms with Crippen LogP contribution >= 0.6 is 0 Å². The quantitative estimate of drug-likeness (QED) is 0.662. The van der Waals surface area contributed by atoms with Crippen LogP contribution in [-0.4, -0.2) is 56.7 Å². The molecule has 3 aromatic rings. The standard InChI is InChI=1S/C22H26FN5O2/c1-15-16-6-5-7-17(23)21(16)30-20(15)22(29)27-12-10-26(11-13-27)14-19-25-24-18-8-3-2-4-9-28(18)19/h5-7H,2-4,8-14H2,1H3. The van der Waals surface area contributed by atoms with Crippen LogP contribution in [0.15, 0.2) is 22.6 Å². The van der Waals surface area contributed by atoms with Crippen molar-refractivity contribution in [2.75, 3.05) is 26.2 Å². The average molecular weight is 411 g/mol. The Morgan fingerprint density at radius 2 is 1.93 bits per heavy atom. The number of hydrogen-bond acceptors (Lipinski definition) is 5. The van der Waals surface area contributed by atoms with Gasteiger partial charge in [-0.15, -0.1) is 10.2 Å². The lowest BCUT2D eigenvalue weighted by Crippen LogP contribution is -2.48. The number of hydrogen-bond donors (Lipinski definition) is 0. The molecule has 0 N–H and O–H groups in total. The molecule has 2 aromatic heterocycles. The SMILES string of the molecule is Cc1c(C(=O)N2CCN(Cc3nnc4n3CCCCC4)CC2)oc2c(F)cccc12. The number of piperazine rings is 1. The molecule has 5 rings (SSSR count).